The number of carbonyl (C=O) groups is 2. The van der Waals surface area contributed by atoms with E-state index in [0.717, 1.165) is 27.3 Å². The average Bonchev–Trinajstić information content (AvgIpc) is 2.89. The molecule has 0 atom stereocenters. The van der Waals surface area contributed by atoms with Crippen molar-refractivity contribution in [1.82, 2.24) is 5.32 Å². The van der Waals surface area contributed by atoms with E-state index in [2.05, 4.69) is 37.4 Å². The van der Waals surface area contributed by atoms with E-state index in [1.807, 2.05) is 47.4 Å². The molecule has 0 unspecified atom stereocenters. The van der Waals surface area contributed by atoms with E-state index in [9.17, 15) is 9.59 Å². The van der Waals surface area contributed by atoms with Gasteiger partial charge in [-0.25, -0.2) is 0 Å². The normalized spacial score (nSPS) is 14.3. The molecule has 7 heteroatoms. The summed E-state index contributed by atoms with van der Waals surface area (Å²) in [7, 11) is 3.05. The molecule has 0 radical (unpaired) electrons. The van der Waals surface area contributed by atoms with Gasteiger partial charge in [0.1, 0.15) is 0 Å². The van der Waals surface area contributed by atoms with Crippen molar-refractivity contribution in [1.29, 1.82) is 0 Å². The Morgan fingerprint density at radius 2 is 1.75 bits per heavy atom. The number of thioether (sulfide) groups is 1. The Balaban J connectivity index is 1.56. The minimum Gasteiger partial charge on any atom is -0.354 e. The van der Waals surface area contributed by atoms with E-state index in [1.54, 1.807) is 12.1 Å². The molecule has 0 spiro atoms. The van der Waals surface area contributed by atoms with Gasteiger partial charge in [-0.1, -0.05) is 59.8 Å². The maximum Gasteiger partial charge on any atom is 0.265 e. The molecule has 1 heterocycles. The van der Waals surface area contributed by atoms with Crippen molar-refractivity contribution in [2.24, 2.45) is 0 Å². The molecule has 6 nitrogen and oxygen atoms in total. The standard InChI is InChI=1S/C29H30N2O4S/c1-19-9-10-20(2)23(15-19)18-31-24-7-5-6-8-25(24)36-26(29(31)33)16-21-11-13-22(14-12-21)28(32)30-17-27(34-3)35-4/h5-16,27H,17-18H2,1-4H3,(H,30,32). The zero-order chi connectivity index (χ0) is 25.7. The number of ether oxygens (including phenoxy) is 2. The maximum atomic E-state index is 13.6. The van der Waals surface area contributed by atoms with Gasteiger partial charge < -0.3 is 19.7 Å². The third-order valence-corrected chi connectivity index (χ3v) is 7.17. The van der Waals surface area contributed by atoms with Crippen LogP contribution in [0.2, 0.25) is 0 Å². The van der Waals surface area contributed by atoms with Crippen molar-refractivity contribution in [2.75, 3.05) is 25.7 Å². The van der Waals surface area contributed by atoms with Gasteiger partial charge in [-0.15, -0.1) is 0 Å². The third kappa shape index (κ3) is 5.87. The first-order chi connectivity index (χ1) is 17.4. The number of hydrogen-bond acceptors (Lipinski definition) is 5. The first-order valence-corrected chi connectivity index (χ1v) is 12.5. The highest BCUT2D eigenvalue weighted by Gasteiger charge is 2.29. The molecule has 36 heavy (non-hydrogen) atoms. The van der Waals surface area contributed by atoms with Crippen LogP contribution in [0, 0.1) is 13.8 Å². The van der Waals surface area contributed by atoms with E-state index >= 15 is 0 Å². The molecular weight excluding hydrogens is 472 g/mol. The second-order valence-corrected chi connectivity index (χ2v) is 9.72. The molecule has 0 saturated carbocycles. The fraction of sp³-hybridized carbons (Fsp3) is 0.241. The van der Waals surface area contributed by atoms with E-state index in [4.69, 9.17) is 9.47 Å². The number of nitrogens with one attached hydrogen (secondary N) is 1. The number of amides is 2. The highest BCUT2D eigenvalue weighted by atomic mass is 32.2. The Bertz CT molecular complexity index is 1280. The number of carbonyl (C=O) groups excluding carboxylic acids is 2. The topological polar surface area (TPSA) is 67.9 Å². The van der Waals surface area contributed by atoms with Crippen LogP contribution in [0.1, 0.15) is 32.6 Å². The van der Waals surface area contributed by atoms with Gasteiger partial charge in [0.25, 0.3) is 11.8 Å². The number of benzene rings is 3. The van der Waals surface area contributed by atoms with Gasteiger partial charge in [0, 0.05) is 24.7 Å². The summed E-state index contributed by atoms with van der Waals surface area (Å²) in [5.41, 5.74) is 5.74. The predicted octanol–water partition coefficient (Wildman–Crippen LogP) is 5.33. The van der Waals surface area contributed by atoms with Crippen LogP contribution in [0.4, 0.5) is 5.69 Å². The average molecular weight is 503 g/mol. The smallest absolute Gasteiger partial charge is 0.265 e. The van der Waals surface area contributed by atoms with Crippen molar-refractivity contribution in [3.8, 4) is 0 Å². The minimum absolute atomic E-state index is 0.0356. The van der Waals surface area contributed by atoms with E-state index in [-0.39, 0.29) is 18.4 Å². The number of nitrogens with zero attached hydrogens (tertiary/aromatic N) is 1. The van der Waals surface area contributed by atoms with Gasteiger partial charge in [0.05, 0.1) is 23.7 Å². The van der Waals surface area contributed by atoms with Gasteiger partial charge >= 0.3 is 0 Å². The summed E-state index contributed by atoms with van der Waals surface area (Å²) in [6.45, 7) is 4.89. The number of rotatable bonds is 8. The summed E-state index contributed by atoms with van der Waals surface area (Å²) < 4.78 is 10.2. The lowest BCUT2D eigenvalue weighted by molar-refractivity contribution is -0.114. The number of fused-ring (bicyclic) bond motifs is 1. The number of aryl methyl sites for hydroxylation is 2. The Kier molecular flexibility index (Phi) is 8.25. The fourth-order valence-corrected chi connectivity index (χ4v) is 5.04. The molecule has 1 N–H and O–H groups in total. The second kappa shape index (κ2) is 11.6. The van der Waals surface area contributed by atoms with Gasteiger partial charge in [-0.2, -0.15) is 0 Å². The largest absolute Gasteiger partial charge is 0.354 e. The second-order valence-electron chi connectivity index (χ2n) is 8.63. The molecule has 1 aliphatic rings. The first kappa shape index (κ1) is 25.7. The summed E-state index contributed by atoms with van der Waals surface area (Å²) in [4.78, 5) is 29.6. The summed E-state index contributed by atoms with van der Waals surface area (Å²) in [5, 5.41) is 2.79. The molecule has 0 aromatic heterocycles. The number of methoxy groups -OCH3 is 2. The van der Waals surface area contributed by atoms with Crippen molar-refractivity contribution in [3.63, 3.8) is 0 Å². The maximum absolute atomic E-state index is 13.6. The monoisotopic (exact) mass is 502 g/mol. The van der Waals surface area contributed by atoms with Crippen LogP contribution in [0.15, 0.2) is 76.5 Å². The molecule has 186 valence electrons. The summed E-state index contributed by atoms with van der Waals surface area (Å²) in [5.74, 6) is -0.253. The van der Waals surface area contributed by atoms with E-state index < -0.39 is 6.29 Å². The van der Waals surface area contributed by atoms with Crippen LogP contribution in [-0.2, 0) is 20.8 Å². The lowest BCUT2D eigenvalue weighted by Crippen LogP contribution is -2.34. The summed E-state index contributed by atoms with van der Waals surface area (Å²) in [6, 6.07) is 21.5. The highest BCUT2D eigenvalue weighted by molar-refractivity contribution is 8.04. The molecule has 4 rings (SSSR count). The first-order valence-electron chi connectivity index (χ1n) is 11.7. The number of hydrogen-bond donors (Lipinski definition) is 1. The zero-order valence-electron chi connectivity index (χ0n) is 20.9. The lowest BCUT2D eigenvalue weighted by Gasteiger charge is -2.31. The quantitative estimate of drug-likeness (QED) is 0.333. The minimum atomic E-state index is -0.498. The Labute approximate surface area is 216 Å². The van der Waals surface area contributed by atoms with Crippen LogP contribution >= 0.6 is 11.8 Å². The Hall–Kier alpha value is -3.39. The molecule has 0 saturated heterocycles. The molecular formula is C29H30N2O4S. The van der Waals surface area contributed by atoms with E-state index in [0.29, 0.717) is 17.0 Å². The SMILES string of the molecule is COC(CNC(=O)c1ccc(C=C2Sc3ccccc3N(Cc3cc(C)ccc3C)C2=O)cc1)OC. The zero-order valence-corrected chi connectivity index (χ0v) is 21.7. The van der Waals surface area contributed by atoms with Crippen molar-refractivity contribution < 1.29 is 19.1 Å². The van der Waals surface area contributed by atoms with Gasteiger partial charge in [0.15, 0.2) is 6.29 Å². The van der Waals surface area contributed by atoms with Gasteiger partial charge in [-0.05, 0) is 60.9 Å². The summed E-state index contributed by atoms with van der Waals surface area (Å²) >= 11 is 1.47. The lowest BCUT2D eigenvalue weighted by atomic mass is 10.0. The number of anilines is 1. The van der Waals surface area contributed by atoms with Crippen molar-refractivity contribution >= 4 is 35.3 Å². The highest BCUT2D eigenvalue weighted by Crippen LogP contribution is 2.42. The molecule has 1 aliphatic heterocycles. The molecule has 0 fully saturated rings. The van der Waals surface area contributed by atoms with E-state index in [1.165, 1.54) is 31.5 Å². The fourth-order valence-electron chi connectivity index (χ4n) is 3.98. The predicted molar refractivity (Wildman–Crippen MR) is 144 cm³/mol. The molecule has 2 amide bonds. The molecule has 3 aromatic carbocycles. The van der Waals surface area contributed by atoms with Crippen molar-refractivity contribution in [3.05, 3.63) is 99.5 Å². The van der Waals surface area contributed by atoms with Gasteiger partial charge in [-0.3, -0.25) is 9.59 Å². The summed E-state index contributed by atoms with van der Waals surface area (Å²) in [6.07, 6.45) is 1.38. The Morgan fingerprint density at radius 1 is 1.03 bits per heavy atom. The molecule has 3 aromatic rings. The van der Waals surface area contributed by atoms with Crippen LogP contribution < -0.4 is 10.2 Å². The van der Waals surface area contributed by atoms with Crippen LogP contribution in [0.3, 0.4) is 0 Å². The van der Waals surface area contributed by atoms with Crippen LogP contribution in [0.5, 0.6) is 0 Å². The Morgan fingerprint density at radius 3 is 2.47 bits per heavy atom. The van der Waals surface area contributed by atoms with Crippen LogP contribution in [-0.4, -0.2) is 38.9 Å². The van der Waals surface area contributed by atoms with Gasteiger partial charge in [0.2, 0.25) is 0 Å². The third-order valence-electron chi connectivity index (χ3n) is 6.09. The number of para-hydroxylation sites is 1. The molecule has 0 bridgehead atoms. The van der Waals surface area contributed by atoms with Crippen LogP contribution in [0.25, 0.3) is 6.08 Å². The molecule has 0 aliphatic carbocycles. The van der Waals surface area contributed by atoms with Crippen molar-refractivity contribution in [2.45, 2.75) is 31.6 Å².